The van der Waals surface area contributed by atoms with Crippen molar-refractivity contribution in [2.75, 3.05) is 18.0 Å². The van der Waals surface area contributed by atoms with Crippen molar-refractivity contribution in [2.24, 2.45) is 0 Å². The van der Waals surface area contributed by atoms with Crippen LogP contribution in [0.15, 0.2) is 53.5 Å². The van der Waals surface area contributed by atoms with Crippen molar-refractivity contribution in [3.05, 3.63) is 64.6 Å². The normalized spacial score (nSPS) is 16.9. The highest BCUT2D eigenvalue weighted by Gasteiger charge is 2.23. The molecule has 0 saturated carbocycles. The van der Waals surface area contributed by atoms with E-state index in [1.807, 2.05) is 18.2 Å². The summed E-state index contributed by atoms with van der Waals surface area (Å²) in [5.41, 5.74) is 1.36. The fourth-order valence-corrected chi connectivity index (χ4v) is 3.18. The molecule has 1 atom stereocenters. The highest BCUT2D eigenvalue weighted by Crippen LogP contribution is 2.23. The predicted octanol–water partition coefficient (Wildman–Crippen LogP) is 1.51. The van der Waals surface area contributed by atoms with Gasteiger partial charge in [0.1, 0.15) is 12.6 Å². The third-order valence-corrected chi connectivity index (χ3v) is 4.36. The Balaban J connectivity index is 1.64. The molecule has 0 bridgehead atoms. The van der Waals surface area contributed by atoms with Crippen LogP contribution in [0.1, 0.15) is 18.4 Å². The number of hydrogen-bond donors (Lipinski definition) is 1. The number of carbonyl (C=O) groups is 1. The van der Waals surface area contributed by atoms with Crippen molar-refractivity contribution in [2.45, 2.75) is 25.4 Å². The van der Waals surface area contributed by atoms with Crippen LogP contribution in [0.25, 0.3) is 0 Å². The average molecular weight is 336 g/mol. The number of rotatable bonds is 4. The number of hydrogen-bond acceptors (Lipinski definition) is 4. The zero-order valence-corrected chi connectivity index (χ0v) is 13.9. The summed E-state index contributed by atoms with van der Waals surface area (Å²) >= 11 is 0. The second kappa shape index (κ2) is 7.67. The summed E-state index contributed by atoms with van der Waals surface area (Å²) in [6.07, 6.45) is 3.44. The molecular weight excluding hydrogens is 316 g/mol. The van der Waals surface area contributed by atoms with Crippen LogP contribution in [-0.2, 0) is 11.3 Å². The third kappa shape index (κ3) is 4.07. The second-order valence-electron chi connectivity index (χ2n) is 6.15. The first-order valence-corrected chi connectivity index (χ1v) is 8.36. The van der Waals surface area contributed by atoms with E-state index < -0.39 is 0 Å². The topological polar surface area (TPSA) is 78.1 Å². The number of piperidine rings is 1. The Hall–Kier alpha value is -3.07. The lowest BCUT2D eigenvalue weighted by Gasteiger charge is -2.35. The summed E-state index contributed by atoms with van der Waals surface area (Å²) in [6.45, 7) is 1.54. The summed E-state index contributed by atoms with van der Waals surface area (Å²) in [5.74, 6) is -0.172. The molecule has 3 rings (SSSR count). The number of anilines is 1. The molecule has 6 nitrogen and oxygen atoms in total. The van der Waals surface area contributed by atoms with Crippen LogP contribution in [0.2, 0.25) is 0 Å². The number of benzene rings is 1. The Kier molecular flexibility index (Phi) is 5.14. The van der Waals surface area contributed by atoms with Crippen molar-refractivity contribution in [1.29, 1.82) is 5.26 Å². The smallest absolute Gasteiger partial charge is 0.250 e. The molecule has 2 aromatic rings. The van der Waals surface area contributed by atoms with E-state index in [1.54, 1.807) is 24.4 Å². The van der Waals surface area contributed by atoms with Gasteiger partial charge >= 0.3 is 0 Å². The Morgan fingerprint density at radius 1 is 1.24 bits per heavy atom. The van der Waals surface area contributed by atoms with Crippen molar-refractivity contribution < 1.29 is 4.79 Å². The van der Waals surface area contributed by atoms with Gasteiger partial charge in [-0.1, -0.05) is 18.2 Å². The second-order valence-corrected chi connectivity index (χ2v) is 6.15. The van der Waals surface area contributed by atoms with Gasteiger partial charge in [-0.05, 0) is 31.0 Å². The van der Waals surface area contributed by atoms with Crippen LogP contribution >= 0.6 is 0 Å². The van der Waals surface area contributed by atoms with Gasteiger partial charge in [0.05, 0.1) is 11.3 Å². The summed E-state index contributed by atoms with van der Waals surface area (Å²) in [5, 5.41) is 12.3. The molecule has 1 aromatic heterocycles. The van der Waals surface area contributed by atoms with Gasteiger partial charge < -0.3 is 14.8 Å². The quantitative estimate of drug-likeness (QED) is 0.918. The zero-order valence-electron chi connectivity index (χ0n) is 13.9. The number of nitriles is 1. The SMILES string of the molecule is N#Cc1ccccc1N1CCCC(NC(=O)Cn2ccccc2=O)C1. The molecule has 1 aromatic carbocycles. The molecule has 128 valence electrons. The summed E-state index contributed by atoms with van der Waals surface area (Å²) in [6, 6.07) is 14.6. The van der Waals surface area contributed by atoms with Crippen molar-refractivity contribution in [3.8, 4) is 6.07 Å². The molecule has 1 unspecified atom stereocenters. The lowest BCUT2D eigenvalue weighted by atomic mass is 10.0. The van der Waals surface area contributed by atoms with Crippen LogP contribution in [0.5, 0.6) is 0 Å². The summed E-state index contributed by atoms with van der Waals surface area (Å²) in [7, 11) is 0. The van der Waals surface area contributed by atoms with Gasteiger partial charge in [-0.2, -0.15) is 5.26 Å². The van der Waals surface area contributed by atoms with Crippen molar-refractivity contribution >= 4 is 11.6 Å². The molecule has 0 radical (unpaired) electrons. The molecule has 1 fully saturated rings. The molecule has 1 N–H and O–H groups in total. The minimum absolute atomic E-state index is 0.00686. The van der Waals surface area contributed by atoms with Gasteiger partial charge in [0, 0.05) is 31.4 Å². The van der Waals surface area contributed by atoms with Gasteiger partial charge in [0.2, 0.25) is 5.91 Å². The Morgan fingerprint density at radius 3 is 2.84 bits per heavy atom. The fraction of sp³-hybridized carbons (Fsp3) is 0.316. The first-order chi connectivity index (χ1) is 12.2. The van der Waals surface area contributed by atoms with Gasteiger partial charge in [-0.25, -0.2) is 0 Å². The largest absolute Gasteiger partial charge is 0.368 e. The van der Waals surface area contributed by atoms with Crippen molar-refractivity contribution in [3.63, 3.8) is 0 Å². The van der Waals surface area contributed by atoms with Gasteiger partial charge in [0.25, 0.3) is 5.56 Å². The molecule has 1 aliphatic rings. The van der Waals surface area contributed by atoms with E-state index in [0.29, 0.717) is 12.1 Å². The van der Waals surface area contributed by atoms with E-state index in [1.165, 1.54) is 10.6 Å². The van der Waals surface area contributed by atoms with E-state index >= 15 is 0 Å². The van der Waals surface area contributed by atoms with Crippen LogP contribution in [-0.4, -0.2) is 29.6 Å². The van der Waals surface area contributed by atoms with Gasteiger partial charge in [0.15, 0.2) is 0 Å². The Bertz CT molecular complexity index is 853. The van der Waals surface area contributed by atoms with Gasteiger partial charge in [-0.3, -0.25) is 9.59 Å². The molecule has 25 heavy (non-hydrogen) atoms. The lowest BCUT2D eigenvalue weighted by molar-refractivity contribution is -0.122. The van der Waals surface area contributed by atoms with Crippen molar-refractivity contribution in [1.82, 2.24) is 9.88 Å². The predicted molar refractivity (Wildman–Crippen MR) is 95.2 cm³/mol. The number of nitrogens with zero attached hydrogens (tertiary/aromatic N) is 3. The molecule has 0 aliphatic carbocycles. The number of amides is 1. The number of carbonyl (C=O) groups excluding carboxylic acids is 1. The molecular formula is C19H20N4O2. The summed E-state index contributed by atoms with van der Waals surface area (Å²) in [4.78, 5) is 26.1. The first kappa shape index (κ1) is 16.8. The number of nitrogens with one attached hydrogen (secondary N) is 1. The number of para-hydroxylation sites is 1. The highest BCUT2D eigenvalue weighted by atomic mass is 16.2. The maximum atomic E-state index is 12.3. The monoisotopic (exact) mass is 336 g/mol. The molecule has 0 spiro atoms. The minimum atomic E-state index is -0.189. The fourth-order valence-electron chi connectivity index (χ4n) is 3.18. The molecule has 1 saturated heterocycles. The van der Waals surface area contributed by atoms with Crippen LogP contribution < -0.4 is 15.8 Å². The number of aromatic nitrogens is 1. The van der Waals surface area contributed by atoms with E-state index in [2.05, 4.69) is 16.3 Å². The minimum Gasteiger partial charge on any atom is -0.368 e. The first-order valence-electron chi connectivity index (χ1n) is 8.36. The zero-order chi connectivity index (χ0) is 17.6. The van der Waals surface area contributed by atoms with Crippen LogP contribution in [0.4, 0.5) is 5.69 Å². The summed E-state index contributed by atoms with van der Waals surface area (Å²) < 4.78 is 1.39. The third-order valence-electron chi connectivity index (χ3n) is 4.36. The van der Waals surface area contributed by atoms with E-state index in [-0.39, 0.29) is 24.1 Å². The van der Waals surface area contributed by atoms with E-state index in [0.717, 1.165) is 25.1 Å². The molecule has 6 heteroatoms. The highest BCUT2D eigenvalue weighted by molar-refractivity contribution is 5.76. The lowest BCUT2D eigenvalue weighted by Crippen LogP contribution is -2.49. The Labute approximate surface area is 146 Å². The molecule has 1 aliphatic heterocycles. The maximum Gasteiger partial charge on any atom is 0.250 e. The van der Waals surface area contributed by atoms with Crippen LogP contribution in [0.3, 0.4) is 0 Å². The average Bonchev–Trinajstić information content (AvgIpc) is 2.64. The number of pyridine rings is 1. The molecule has 2 heterocycles. The molecule has 1 amide bonds. The standard InChI is InChI=1S/C19H20N4O2/c20-12-15-6-1-2-8-17(15)22-11-5-7-16(13-22)21-18(24)14-23-10-4-3-9-19(23)25/h1-4,6,8-10,16H,5,7,11,13-14H2,(H,21,24). The van der Waals surface area contributed by atoms with E-state index in [9.17, 15) is 14.9 Å². The van der Waals surface area contributed by atoms with Crippen LogP contribution in [0, 0.1) is 11.3 Å². The van der Waals surface area contributed by atoms with Gasteiger partial charge in [-0.15, -0.1) is 0 Å². The Morgan fingerprint density at radius 2 is 2.04 bits per heavy atom. The van der Waals surface area contributed by atoms with E-state index in [4.69, 9.17) is 0 Å². The maximum absolute atomic E-state index is 12.3.